The zero-order valence-corrected chi connectivity index (χ0v) is 11.6. The molecule has 2 rings (SSSR count). The Bertz CT molecular complexity index is 384. The minimum absolute atomic E-state index is 0.188. The Morgan fingerprint density at radius 2 is 2.18 bits per heavy atom. The topological polar surface area (TPSA) is 44.5 Å². The van der Waals surface area contributed by atoms with Gasteiger partial charge >= 0.3 is 0 Å². The maximum Gasteiger partial charge on any atom is 0.119 e. The van der Waals surface area contributed by atoms with Crippen LogP contribution in [0.1, 0.15) is 18.4 Å². The first-order valence-corrected chi connectivity index (χ1v) is 6.73. The first kappa shape index (κ1) is 12.9. The van der Waals surface area contributed by atoms with E-state index in [4.69, 9.17) is 15.2 Å². The van der Waals surface area contributed by atoms with Crippen molar-refractivity contribution in [2.45, 2.75) is 32.0 Å². The SMILES string of the molecule is Cc1cc(OCC2CCC(CN)O2)ccc1Br. The van der Waals surface area contributed by atoms with Crippen LogP contribution < -0.4 is 10.5 Å². The number of nitrogens with two attached hydrogens (primary N) is 1. The summed E-state index contributed by atoms with van der Waals surface area (Å²) in [4.78, 5) is 0. The second-order valence-corrected chi connectivity index (χ2v) is 5.27. The van der Waals surface area contributed by atoms with Crippen LogP contribution >= 0.6 is 15.9 Å². The summed E-state index contributed by atoms with van der Waals surface area (Å²) in [5, 5.41) is 0. The van der Waals surface area contributed by atoms with E-state index in [2.05, 4.69) is 15.9 Å². The summed E-state index contributed by atoms with van der Waals surface area (Å²) in [6.45, 7) is 3.26. The molecule has 4 heteroatoms. The van der Waals surface area contributed by atoms with Crippen molar-refractivity contribution < 1.29 is 9.47 Å². The van der Waals surface area contributed by atoms with Crippen LogP contribution in [0.4, 0.5) is 0 Å². The van der Waals surface area contributed by atoms with E-state index < -0.39 is 0 Å². The van der Waals surface area contributed by atoms with Gasteiger partial charge in [-0.1, -0.05) is 15.9 Å². The van der Waals surface area contributed by atoms with E-state index in [-0.39, 0.29) is 12.2 Å². The average Bonchev–Trinajstić information content (AvgIpc) is 2.79. The molecule has 0 saturated carbocycles. The molecule has 1 aromatic carbocycles. The summed E-state index contributed by atoms with van der Waals surface area (Å²) in [6, 6.07) is 5.99. The summed E-state index contributed by atoms with van der Waals surface area (Å²) in [7, 11) is 0. The van der Waals surface area contributed by atoms with E-state index in [9.17, 15) is 0 Å². The van der Waals surface area contributed by atoms with Crippen molar-refractivity contribution in [2.75, 3.05) is 13.2 Å². The van der Waals surface area contributed by atoms with Gasteiger partial charge in [-0.25, -0.2) is 0 Å². The average molecular weight is 300 g/mol. The second kappa shape index (κ2) is 5.85. The van der Waals surface area contributed by atoms with Gasteiger partial charge in [0.05, 0.1) is 12.2 Å². The molecule has 0 aromatic heterocycles. The van der Waals surface area contributed by atoms with Gasteiger partial charge < -0.3 is 15.2 Å². The highest BCUT2D eigenvalue weighted by atomic mass is 79.9. The van der Waals surface area contributed by atoms with E-state index in [1.807, 2.05) is 25.1 Å². The fourth-order valence-corrected chi connectivity index (χ4v) is 2.22. The predicted molar refractivity (Wildman–Crippen MR) is 71.3 cm³/mol. The van der Waals surface area contributed by atoms with Crippen molar-refractivity contribution in [1.29, 1.82) is 0 Å². The molecule has 1 aromatic rings. The molecule has 1 heterocycles. The van der Waals surface area contributed by atoms with Crippen LogP contribution in [-0.2, 0) is 4.74 Å². The molecular weight excluding hydrogens is 282 g/mol. The molecule has 94 valence electrons. The fourth-order valence-electron chi connectivity index (χ4n) is 1.97. The molecule has 0 radical (unpaired) electrons. The third kappa shape index (κ3) is 3.44. The van der Waals surface area contributed by atoms with Crippen molar-refractivity contribution in [3.8, 4) is 5.75 Å². The van der Waals surface area contributed by atoms with E-state index in [1.54, 1.807) is 0 Å². The number of hydrogen-bond acceptors (Lipinski definition) is 3. The molecule has 1 saturated heterocycles. The van der Waals surface area contributed by atoms with Crippen molar-refractivity contribution in [3.63, 3.8) is 0 Å². The lowest BCUT2D eigenvalue weighted by Gasteiger charge is -2.14. The number of benzene rings is 1. The lowest BCUT2D eigenvalue weighted by molar-refractivity contribution is 0.0222. The second-order valence-electron chi connectivity index (χ2n) is 4.42. The number of rotatable bonds is 4. The molecule has 1 fully saturated rings. The number of ether oxygens (including phenoxy) is 2. The predicted octanol–water partition coefficient (Wildman–Crippen LogP) is 2.64. The van der Waals surface area contributed by atoms with Gasteiger partial charge in [0.25, 0.3) is 0 Å². The summed E-state index contributed by atoms with van der Waals surface area (Å²) < 4.78 is 12.6. The molecule has 2 atom stereocenters. The van der Waals surface area contributed by atoms with Crippen LogP contribution in [0.2, 0.25) is 0 Å². The standard InChI is InChI=1S/C13H18BrNO2/c1-9-6-10(4-5-13(9)14)16-8-12-3-2-11(7-15)17-12/h4-6,11-12H,2-3,7-8,15H2,1H3. The lowest BCUT2D eigenvalue weighted by atomic mass is 10.2. The van der Waals surface area contributed by atoms with Crippen LogP contribution in [0, 0.1) is 6.92 Å². The molecule has 2 unspecified atom stereocenters. The lowest BCUT2D eigenvalue weighted by Crippen LogP contribution is -2.23. The van der Waals surface area contributed by atoms with Crippen LogP contribution in [-0.4, -0.2) is 25.4 Å². The normalized spacial score (nSPS) is 23.9. The van der Waals surface area contributed by atoms with Gasteiger partial charge in [-0.05, 0) is 43.5 Å². The molecule has 3 nitrogen and oxygen atoms in total. The van der Waals surface area contributed by atoms with Gasteiger partial charge in [0.1, 0.15) is 12.4 Å². The highest BCUT2D eigenvalue weighted by Gasteiger charge is 2.24. The third-order valence-corrected chi connectivity index (χ3v) is 3.91. The first-order chi connectivity index (χ1) is 8.19. The van der Waals surface area contributed by atoms with Crippen LogP contribution in [0.5, 0.6) is 5.75 Å². The maximum absolute atomic E-state index is 5.73. The Morgan fingerprint density at radius 1 is 1.41 bits per heavy atom. The highest BCUT2D eigenvalue weighted by Crippen LogP contribution is 2.23. The van der Waals surface area contributed by atoms with Gasteiger partial charge in [-0.3, -0.25) is 0 Å². The van der Waals surface area contributed by atoms with Crippen molar-refractivity contribution in [3.05, 3.63) is 28.2 Å². The van der Waals surface area contributed by atoms with E-state index in [1.165, 1.54) is 5.56 Å². The minimum Gasteiger partial charge on any atom is -0.491 e. The monoisotopic (exact) mass is 299 g/mol. The first-order valence-electron chi connectivity index (χ1n) is 5.93. The molecule has 1 aliphatic rings. The summed E-state index contributed by atoms with van der Waals surface area (Å²) >= 11 is 3.47. The van der Waals surface area contributed by atoms with E-state index in [0.29, 0.717) is 13.2 Å². The molecule has 17 heavy (non-hydrogen) atoms. The van der Waals surface area contributed by atoms with E-state index in [0.717, 1.165) is 23.1 Å². The van der Waals surface area contributed by atoms with Gasteiger partial charge in [-0.2, -0.15) is 0 Å². The number of halogens is 1. The Morgan fingerprint density at radius 3 is 2.82 bits per heavy atom. The largest absolute Gasteiger partial charge is 0.491 e. The Balaban J connectivity index is 1.84. The zero-order chi connectivity index (χ0) is 12.3. The molecule has 2 N–H and O–H groups in total. The number of hydrogen-bond donors (Lipinski definition) is 1. The summed E-state index contributed by atoms with van der Waals surface area (Å²) in [6.07, 6.45) is 2.49. The van der Waals surface area contributed by atoms with Crippen LogP contribution in [0.15, 0.2) is 22.7 Å². The van der Waals surface area contributed by atoms with Crippen molar-refractivity contribution in [1.82, 2.24) is 0 Å². The highest BCUT2D eigenvalue weighted by molar-refractivity contribution is 9.10. The van der Waals surface area contributed by atoms with Gasteiger partial charge in [0, 0.05) is 11.0 Å². The van der Waals surface area contributed by atoms with Crippen LogP contribution in [0.3, 0.4) is 0 Å². The third-order valence-electron chi connectivity index (χ3n) is 3.02. The minimum atomic E-state index is 0.188. The smallest absolute Gasteiger partial charge is 0.119 e. The van der Waals surface area contributed by atoms with Gasteiger partial charge in [-0.15, -0.1) is 0 Å². The Labute approximate surface area is 110 Å². The summed E-state index contributed by atoms with van der Waals surface area (Å²) in [5.41, 5.74) is 6.74. The molecule has 0 spiro atoms. The van der Waals surface area contributed by atoms with Gasteiger partial charge in [0.2, 0.25) is 0 Å². The Kier molecular flexibility index (Phi) is 4.42. The maximum atomic E-state index is 5.73. The van der Waals surface area contributed by atoms with Crippen molar-refractivity contribution >= 4 is 15.9 Å². The van der Waals surface area contributed by atoms with Gasteiger partial charge in [0.15, 0.2) is 0 Å². The summed E-state index contributed by atoms with van der Waals surface area (Å²) in [5.74, 6) is 0.894. The van der Waals surface area contributed by atoms with E-state index >= 15 is 0 Å². The molecule has 0 bridgehead atoms. The zero-order valence-electron chi connectivity index (χ0n) is 9.99. The molecular formula is C13H18BrNO2. The number of aryl methyl sites for hydroxylation is 1. The molecule has 1 aliphatic heterocycles. The molecule has 0 amide bonds. The Hall–Kier alpha value is -0.580. The van der Waals surface area contributed by atoms with Crippen LogP contribution in [0.25, 0.3) is 0 Å². The van der Waals surface area contributed by atoms with Crippen molar-refractivity contribution in [2.24, 2.45) is 5.73 Å². The quantitative estimate of drug-likeness (QED) is 0.929. The molecule has 0 aliphatic carbocycles. The fraction of sp³-hybridized carbons (Fsp3) is 0.538.